The summed E-state index contributed by atoms with van der Waals surface area (Å²) >= 11 is 0. The van der Waals surface area contributed by atoms with E-state index in [9.17, 15) is 0 Å². The highest BCUT2D eigenvalue weighted by molar-refractivity contribution is 6.32. The second kappa shape index (κ2) is 5.73. The molecule has 5 heteroatoms. The van der Waals surface area contributed by atoms with Crippen molar-refractivity contribution in [3.8, 4) is 5.75 Å². The standard InChI is InChI=1S/C17H16N4O/c1-22-14-9-7-12(8-10-14)11-15-16(18)20-21(17(15)19)13-5-3-2-4-6-13/h2-11,19H,1H3,(H2,18,20)/b15-11-,19-17?. The van der Waals surface area contributed by atoms with Crippen LogP contribution in [-0.4, -0.2) is 18.8 Å². The Kier molecular flexibility index (Phi) is 3.62. The van der Waals surface area contributed by atoms with Gasteiger partial charge in [0.25, 0.3) is 0 Å². The van der Waals surface area contributed by atoms with Gasteiger partial charge in [-0.15, -0.1) is 5.10 Å². The molecule has 22 heavy (non-hydrogen) atoms. The second-order valence-electron chi connectivity index (χ2n) is 4.81. The Hall–Kier alpha value is -3.08. The van der Waals surface area contributed by atoms with Crippen LogP contribution in [-0.2, 0) is 0 Å². The van der Waals surface area contributed by atoms with Crippen LogP contribution >= 0.6 is 0 Å². The van der Waals surface area contributed by atoms with Crippen LogP contribution in [0.25, 0.3) is 6.08 Å². The average molecular weight is 292 g/mol. The number of hydrogen-bond acceptors (Lipinski definition) is 4. The second-order valence-corrected chi connectivity index (χ2v) is 4.81. The fraction of sp³-hybridized carbons (Fsp3) is 0.0588. The van der Waals surface area contributed by atoms with Gasteiger partial charge in [-0.05, 0) is 35.9 Å². The summed E-state index contributed by atoms with van der Waals surface area (Å²) < 4.78 is 5.14. The summed E-state index contributed by atoms with van der Waals surface area (Å²) in [6, 6.07) is 17.1. The molecular formula is C17H16N4O. The van der Waals surface area contributed by atoms with Crippen molar-refractivity contribution in [2.24, 2.45) is 10.8 Å². The third kappa shape index (κ3) is 2.56. The predicted octanol–water partition coefficient (Wildman–Crippen LogP) is 2.85. The van der Waals surface area contributed by atoms with E-state index >= 15 is 0 Å². The predicted molar refractivity (Wildman–Crippen MR) is 89.2 cm³/mol. The monoisotopic (exact) mass is 292 g/mol. The zero-order chi connectivity index (χ0) is 15.5. The first-order valence-electron chi connectivity index (χ1n) is 6.83. The number of para-hydroxylation sites is 1. The Morgan fingerprint density at radius 1 is 1.09 bits per heavy atom. The van der Waals surface area contributed by atoms with Crippen molar-refractivity contribution in [3.05, 3.63) is 65.7 Å². The Balaban J connectivity index is 1.90. The van der Waals surface area contributed by atoms with E-state index in [1.54, 1.807) is 7.11 Å². The van der Waals surface area contributed by atoms with Gasteiger partial charge in [0.05, 0.1) is 18.4 Å². The molecule has 2 aromatic rings. The number of amidine groups is 2. The maximum absolute atomic E-state index is 8.30. The number of nitrogens with two attached hydrogens (primary N) is 1. The van der Waals surface area contributed by atoms with E-state index in [1.165, 1.54) is 5.01 Å². The van der Waals surface area contributed by atoms with Crippen LogP contribution in [0, 0.1) is 5.41 Å². The summed E-state index contributed by atoms with van der Waals surface area (Å²) in [4.78, 5) is 0. The van der Waals surface area contributed by atoms with Crippen molar-refractivity contribution in [1.82, 2.24) is 0 Å². The van der Waals surface area contributed by atoms with E-state index in [1.807, 2.05) is 60.7 Å². The van der Waals surface area contributed by atoms with E-state index < -0.39 is 0 Å². The summed E-state index contributed by atoms with van der Waals surface area (Å²) in [6.07, 6.45) is 1.85. The first-order chi connectivity index (χ1) is 10.7. The molecule has 0 saturated heterocycles. The van der Waals surface area contributed by atoms with Gasteiger partial charge in [0.2, 0.25) is 0 Å². The minimum atomic E-state index is 0.263. The lowest BCUT2D eigenvalue weighted by Gasteiger charge is -2.13. The zero-order valence-electron chi connectivity index (χ0n) is 12.2. The fourth-order valence-electron chi connectivity index (χ4n) is 2.21. The molecule has 1 heterocycles. The van der Waals surface area contributed by atoms with Crippen LogP contribution in [0.1, 0.15) is 5.56 Å². The maximum Gasteiger partial charge on any atom is 0.157 e. The zero-order valence-corrected chi connectivity index (χ0v) is 12.2. The Labute approximate surface area is 128 Å². The van der Waals surface area contributed by atoms with Crippen LogP contribution in [0.4, 0.5) is 5.69 Å². The Bertz CT molecular complexity index is 748. The summed E-state index contributed by atoms with van der Waals surface area (Å²) in [7, 11) is 1.63. The van der Waals surface area contributed by atoms with Gasteiger partial charge in [-0.25, -0.2) is 5.01 Å². The highest BCUT2D eigenvalue weighted by Gasteiger charge is 2.25. The molecule has 0 unspecified atom stereocenters. The molecule has 0 fully saturated rings. The molecule has 0 atom stereocenters. The van der Waals surface area contributed by atoms with Gasteiger partial charge in [0.15, 0.2) is 11.7 Å². The summed E-state index contributed by atoms with van der Waals surface area (Å²) in [5.41, 5.74) is 8.33. The van der Waals surface area contributed by atoms with Crippen molar-refractivity contribution in [1.29, 1.82) is 5.41 Å². The van der Waals surface area contributed by atoms with Crippen molar-refractivity contribution >= 4 is 23.4 Å². The normalized spacial score (nSPS) is 16.0. The summed E-state index contributed by atoms with van der Waals surface area (Å²) in [5, 5.41) is 14.1. The first kappa shape index (κ1) is 13.9. The van der Waals surface area contributed by atoms with Gasteiger partial charge in [-0.3, -0.25) is 5.41 Å². The van der Waals surface area contributed by atoms with Gasteiger partial charge in [-0.2, -0.15) is 0 Å². The van der Waals surface area contributed by atoms with Gasteiger partial charge in [0.1, 0.15) is 5.75 Å². The van der Waals surface area contributed by atoms with Gasteiger partial charge in [0, 0.05) is 0 Å². The molecule has 1 aliphatic heterocycles. The molecule has 0 spiro atoms. The number of nitrogens with one attached hydrogen (secondary N) is 1. The topological polar surface area (TPSA) is 74.7 Å². The van der Waals surface area contributed by atoms with Gasteiger partial charge >= 0.3 is 0 Å². The number of hydrogen-bond donors (Lipinski definition) is 2. The van der Waals surface area contributed by atoms with Crippen molar-refractivity contribution < 1.29 is 4.74 Å². The molecule has 110 valence electrons. The molecule has 0 amide bonds. The third-order valence-electron chi connectivity index (χ3n) is 3.38. The van der Waals surface area contributed by atoms with E-state index in [-0.39, 0.29) is 5.84 Å². The van der Waals surface area contributed by atoms with E-state index in [0.717, 1.165) is 17.0 Å². The minimum Gasteiger partial charge on any atom is -0.497 e. The largest absolute Gasteiger partial charge is 0.497 e. The summed E-state index contributed by atoms with van der Waals surface area (Å²) in [5.74, 6) is 1.39. The molecular weight excluding hydrogens is 276 g/mol. The van der Waals surface area contributed by atoms with Crippen molar-refractivity contribution in [3.63, 3.8) is 0 Å². The first-order valence-corrected chi connectivity index (χ1v) is 6.83. The van der Waals surface area contributed by atoms with Crippen LogP contribution in [0.5, 0.6) is 5.75 Å². The van der Waals surface area contributed by atoms with Crippen molar-refractivity contribution in [2.75, 3.05) is 12.1 Å². The number of methoxy groups -OCH3 is 1. The summed E-state index contributed by atoms with van der Waals surface area (Å²) in [6.45, 7) is 0. The van der Waals surface area contributed by atoms with E-state index in [0.29, 0.717) is 11.4 Å². The molecule has 3 N–H and O–H groups in total. The van der Waals surface area contributed by atoms with Crippen molar-refractivity contribution in [2.45, 2.75) is 0 Å². The minimum absolute atomic E-state index is 0.263. The highest BCUT2D eigenvalue weighted by atomic mass is 16.5. The van der Waals surface area contributed by atoms with Gasteiger partial charge in [-0.1, -0.05) is 30.3 Å². The molecule has 5 nitrogen and oxygen atoms in total. The smallest absolute Gasteiger partial charge is 0.157 e. The number of benzene rings is 2. The molecule has 0 aliphatic carbocycles. The van der Waals surface area contributed by atoms with Crippen LogP contribution in [0.3, 0.4) is 0 Å². The molecule has 2 aromatic carbocycles. The Morgan fingerprint density at radius 3 is 2.41 bits per heavy atom. The molecule has 3 rings (SSSR count). The van der Waals surface area contributed by atoms with Gasteiger partial charge < -0.3 is 10.5 Å². The van der Waals surface area contributed by atoms with Crippen LogP contribution in [0.2, 0.25) is 0 Å². The highest BCUT2D eigenvalue weighted by Crippen LogP contribution is 2.24. The molecule has 1 aliphatic rings. The molecule has 0 aromatic heterocycles. The third-order valence-corrected chi connectivity index (χ3v) is 3.38. The Morgan fingerprint density at radius 2 is 1.77 bits per heavy atom. The lowest BCUT2D eigenvalue weighted by atomic mass is 10.1. The number of rotatable bonds is 3. The SMILES string of the molecule is COc1ccc(/C=C2\C(=N)N(c3ccccc3)N=C2N)cc1. The number of ether oxygens (including phenoxy) is 1. The number of nitrogens with zero attached hydrogens (tertiary/aromatic N) is 2. The molecule has 0 saturated carbocycles. The number of anilines is 1. The molecule has 0 radical (unpaired) electrons. The van der Waals surface area contributed by atoms with Crippen LogP contribution < -0.4 is 15.5 Å². The quantitative estimate of drug-likeness (QED) is 0.913. The number of hydrazone groups is 1. The maximum atomic E-state index is 8.30. The lowest BCUT2D eigenvalue weighted by Crippen LogP contribution is -2.21. The van der Waals surface area contributed by atoms with Crippen LogP contribution in [0.15, 0.2) is 65.3 Å². The van der Waals surface area contributed by atoms with E-state index in [4.69, 9.17) is 15.9 Å². The molecule has 0 bridgehead atoms. The van der Waals surface area contributed by atoms with E-state index in [2.05, 4.69) is 5.10 Å². The lowest BCUT2D eigenvalue weighted by molar-refractivity contribution is 0.415. The fourth-order valence-corrected chi connectivity index (χ4v) is 2.21. The average Bonchev–Trinajstić information content (AvgIpc) is 2.84.